The van der Waals surface area contributed by atoms with Crippen molar-refractivity contribution in [3.63, 3.8) is 0 Å². The molecule has 3 rings (SSSR count). The minimum Gasteiger partial charge on any atom is -0.495 e. The molecule has 1 fully saturated rings. The Labute approximate surface area is 147 Å². The summed E-state index contributed by atoms with van der Waals surface area (Å²) in [6, 6.07) is 3.70. The fourth-order valence-corrected chi connectivity index (χ4v) is 3.00. The lowest BCUT2D eigenvalue weighted by Crippen LogP contribution is -2.25. The Kier molecular flexibility index (Phi) is 5.35. The van der Waals surface area contributed by atoms with E-state index in [1.165, 1.54) is 25.7 Å². The Morgan fingerprint density at radius 1 is 1.17 bits per heavy atom. The van der Waals surface area contributed by atoms with Gasteiger partial charge in [0.25, 0.3) is 0 Å². The zero-order chi connectivity index (χ0) is 16.9. The van der Waals surface area contributed by atoms with Gasteiger partial charge in [0.2, 0.25) is 5.95 Å². The van der Waals surface area contributed by atoms with E-state index in [0.29, 0.717) is 16.7 Å². The van der Waals surface area contributed by atoms with Gasteiger partial charge in [-0.2, -0.15) is 10.1 Å². The summed E-state index contributed by atoms with van der Waals surface area (Å²) in [5.41, 5.74) is 1.73. The van der Waals surface area contributed by atoms with E-state index in [0.717, 1.165) is 30.2 Å². The number of aryl methyl sites for hydroxylation is 1. The molecule has 0 saturated carbocycles. The highest BCUT2D eigenvalue weighted by Gasteiger charge is 2.14. The van der Waals surface area contributed by atoms with Crippen LogP contribution in [0.2, 0.25) is 5.02 Å². The van der Waals surface area contributed by atoms with Crippen LogP contribution in [-0.4, -0.2) is 35.4 Å². The summed E-state index contributed by atoms with van der Waals surface area (Å²) < 4.78 is 5.38. The Morgan fingerprint density at radius 3 is 2.62 bits per heavy atom. The molecule has 0 unspecified atom stereocenters. The second-order valence-electron chi connectivity index (χ2n) is 5.97. The molecule has 1 aliphatic heterocycles. The number of hydrogen-bond donors (Lipinski definition) is 1. The van der Waals surface area contributed by atoms with E-state index < -0.39 is 0 Å². The predicted octanol–water partition coefficient (Wildman–Crippen LogP) is 3.97. The first-order chi connectivity index (χ1) is 11.7. The van der Waals surface area contributed by atoms with Crippen LogP contribution in [0.3, 0.4) is 0 Å². The maximum Gasteiger partial charge on any atom is 0.249 e. The van der Waals surface area contributed by atoms with Crippen LogP contribution in [0.1, 0.15) is 31.2 Å². The minimum atomic E-state index is 0.455. The van der Waals surface area contributed by atoms with Crippen molar-refractivity contribution in [1.29, 1.82) is 0 Å². The maximum atomic E-state index is 6.15. The van der Waals surface area contributed by atoms with Gasteiger partial charge in [0, 0.05) is 24.2 Å². The van der Waals surface area contributed by atoms with E-state index in [4.69, 9.17) is 16.3 Å². The molecule has 1 aliphatic rings. The summed E-state index contributed by atoms with van der Waals surface area (Å²) in [6.07, 6.45) is 6.66. The molecule has 0 spiro atoms. The van der Waals surface area contributed by atoms with Crippen molar-refractivity contribution in [3.8, 4) is 5.75 Å². The van der Waals surface area contributed by atoms with Gasteiger partial charge in [0.05, 0.1) is 19.0 Å². The van der Waals surface area contributed by atoms with Crippen LogP contribution in [-0.2, 0) is 0 Å². The van der Waals surface area contributed by atoms with E-state index >= 15 is 0 Å². The molecule has 0 aliphatic carbocycles. The normalized spacial score (nSPS) is 15.0. The molecule has 0 radical (unpaired) electrons. The summed E-state index contributed by atoms with van der Waals surface area (Å²) in [5, 5.41) is 12.0. The van der Waals surface area contributed by atoms with E-state index in [2.05, 4.69) is 25.4 Å². The molecular formula is C17H22ClN5O. The molecule has 1 aromatic carbocycles. The van der Waals surface area contributed by atoms with Gasteiger partial charge in [0.15, 0.2) is 5.82 Å². The lowest BCUT2D eigenvalue weighted by Gasteiger charge is -2.21. The number of benzene rings is 1. The van der Waals surface area contributed by atoms with Crippen molar-refractivity contribution in [3.05, 3.63) is 28.9 Å². The molecule has 128 valence electrons. The predicted molar refractivity (Wildman–Crippen MR) is 96.5 cm³/mol. The zero-order valence-electron chi connectivity index (χ0n) is 14.0. The summed E-state index contributed by atoms with van der Waals surface area (Å²) in [4.78, 5) is 6.89. The number of hydrogen-bond acceptors (Lipinski definition) is 6. The van der Waals surface area contributed by atoms with Crippen LogP contribution in [0.5, 0.6) is 5.75 Å². The Morgan fingerprint density at radius 2 is 1.92 bits per heavy atom. The topological polar surface area (TPSA) is 63.2 Å². The number of nitrogens with zero attached hydrogens (tertiary/aromatic N) is 4. The SMILES string of the molecule is COc1cc(Cl)c(C)cc1Nc1nncc(N2CCCCCC2)n1. The molecule has 0 bridgehead atoms. The van der Waals surface area contributed by atoms with E-state index in [-0.39, 0.29) is 0 Å². The lowest BCUT2D eigenvalue weighted by molar-refractivity contribution is 0.416. The number of methoxy groups -OCH3 is 1. The van der Waals surface area contributed by atoms with Crippen LogP contribution in [0.15, 0.2) is 18.3 Å². The first-order valence-corrected chi connectivity index (χ1v) is 8.61. The Bertz CT molecular complexity index is 701. The quantitative estimate of drug-likeness (QED) is 0.903. The molecule has 2 heterocycles. The van der Waals surface area contributed by atoms with Crippen molar-refractivity contribution in [2.45, 2.75) is 32.6 Å². The number of nitrogens with one attached hydrogen (secondary N) is 1. The molecule has 1 N–H and O–H groups in total. The van der Waals surface area contributed by atoms with Gasteiger partial charge in [-0.25, -0.2) is 0 Å². The van der Waals surface area contributed by atoms with Crippen molar-refractivity contribution in [2.75, 3.05) is 30.4 Å². The van der Waals surface area contributed by atoms with Gasteiger partial charge in [-0.15, -0.1) is 5.10 Å². The first kappa shape index (κ1) is 16.8. The third-order valence-corrected chi connectivity index (χ3v) is 4.61. The fraction of sp³-hybridized carbons (Fsp3) is 0.471. The highest BCUT2D eigenvalue weighted by Crippen LogP contribution is 2.32. The van der Waals surface area contributed by atoms with Gasteiger partial charge in [0.1, 0.15) is 5.75 Å². The Hall–Kier alpha value is -2.08. The van der Waals surface area contributed by atoms with Crippen LogP contribution < -0.4 is 15.0 Å². The van der Waals surface area contributed by atoms with E-state index in [1.807, 2.05) is 13.0 Å². The zero-order valence-corrected chi connectivity index (χ0v) is 14.8. The number of halogens is 1. The summed E-state index contributed by atoms with van der Waals surface area (Å²) >= 11 is 6.15. The molecule has 0 atom stereocenters. The van der Waals surface area contributed by atoms with Crippen LogP contribution in [0.25, 0.3) is 0 Å². The third-order valence-electron chi connectivity index (χ3n) is 4.20. The van der Waals surface area contributed by atoms with Gasteiger partial charge >= 0.3 is 0 Å². The summed E-state index contributed by atoms with van der Waals surface area (Å²) in [5.74, 6) is 1.96. The van der Waals surface area contributed by atoms with E-state index in [9.17, 15) is 0 Å². The van der Waals surface area contributed by atoms with E-state index in [1.54, 1.807) is 19.4 Å². The number of rotatable bonds is 4. The highest BCUT2D eigenvalue weighted by atomic mass is 35.5. The number of ether oxygens (including phenoxy) is 1. The molecule has 0 amide bonds. The second kappa shape index (κ2) is 7.66. The van der Waals surface area contributed by atoms with Crippen molar-refractivity contribution < 1.29 is 4.74 Å². The average Bonchev–Trinajstić information content (AvgIpc) is 2.87. The number of aromatic nitrogens is 3. The van der Waals surface area contributed by atoms with Gasteiger partial charge < -0.3 is 15.0 Å². The molecule has 1 aromatic heterocycles. The monoisotopic (exact) mass is 347 g/mol. The maximum absolute atomic E-state index is 6.15. The molecule has 6 nitrogen and oxygen atoms in total. The van der Waals surface area contributed by atoms with Crippen molar-refractivity contribution >= 4 is 29.1 Å². The first-order valence-electron chi connectivity index (χ1n) is 8.23. The van der Waals surface area contributed by atoms with Crippen LogP contribution in [0.4, 0.5) is 17.5 Å². The molecule has 1 saturated heterocycles. The summed E-state index contributed by atoms with van der Waals surface area (Å²) in [7, 11) is 1.61. The standard InChI is InChI=1S/C17H22ClN5O/c1-12-9-14(15(24-2)10-13(12)18)20-17-21-16(11-19-22-17)23-7-5-3-4-6-8-23/h9-11H,3-8H2,1-2H3,(H,20,21,22). The molecule has 24 heavy (non-hydrogen) atoms. The lowest BCUT2D eigenvalue weighted by atomic mass is 10.2. The third kappa shape index (κ3) is 3.87. The molecule has 7 heteroatoms. The van der Waals surface area contributed by atoms with Crippen molar-refractivity contribution in [1.82, 2.24) is 15.2 Å². The highest BCUT2D eigenvalue weighted by molar-refractivity contribution is 6.31. The van der Waals surface area contributed by atoms with Crippen LogP contribution in [0, 0.1) is 6.92 Å². The van der Waals surface area contributed by atoms with Gasteiger partial charge in [-0.3, -0.25) is 0 Å². The fourth-order valence-electron chi connectivity index (χ4n) is 2.85. The largest absolute Gasteiger partial charge is 0.495 e. The Balaban J connectivity index is 1.83. The minimum absolute atomic E-state index is 0.455. The molecular weight excluding hydrogens is 326 g/mol. The van der Waals surface area contributed by atoms with Gasteiger partial charge in [-0.05, 0) is 31.4 Å². The number of anilines is 3. The second-order valence-corrected chi connectivity index (χ2v) is 6.37. The van der Waals surface area contributed by atoms with Crippen molar-refractivity contribution in [2.24, 2.45) is 0 Å². The van der Waals surface area contributed by atoms with Gasteiger partial charge in [-0.1, -0.05) is 24.4 Å². The summed E-state index contributed by atoms with van der Waals surface area (Å²) in [6.45, 7) is 3.97. The molecule has 2 aromatic rings. The average molecular weight is 348 g/mol. The van der Waals surface area contributed by atoms with Crippen LogP contribution >= 0.6 is 11.6 Å². The smallest absolute Gasteiger partial charge is 0.249 e.